The SMILES string of the molecule is CC/C=C\C/C=C\C/C=C\CCCCCC(=O)OCC(COC(=O)CCCCCCCCCCCCCCCCCCCCCCCCCCCCCCCC)OC(=O)CCCCCCCCCCCCCCCCCCCCCC. The van der Waals surface area contributed by atoms with Crippen molar-refractivity contribution in [2.45, 2.75) is 412 Å². The van der Waals surface area contributed by atoms with Crippen LogP contribution in [0.2, 0.25) is 0 Å². The first-order chi connectivity index (χ1) is 40.0. The van der Waals surface area contributed by atoms with E-state index >= 15 is 0 Å². The molecule has 6 heteroatoms. The number of carbonyl (C=O) groups is 3. The van der Waals surface area contributed by atoms with E-state index in [9.17, 15) is 14.4 Å². The molecule has 0 bridgehead atoms. The number of hydrogen-bond donors (Lipinski definition) is 0. The van der Waals surface area contributed by atoms with Crippen LogP contribution in [0.5, 0.6) is 0 Å². The Balaban J connectivity index is 4.15. The van der Waals surface area contributed by atoms with E-state index in [2.05, 4.69) is 57.2 Å². The number of carbonyl (C=O) groups excluding carboxylic acids is 3. The Labute approximate surface area is 506 Å². The van der Waals surface area contributed by atoms with Gasteiger partial charge in [-0.25, -0.2) is 0 Å². The molecule has 0 aromatic heterocycles. The zero-order valence-electron chi connectivity index (χ0n) is 54.8. The van der Waals surface area contributed by atoms with Gasteiger partial charge in [0.15, 0.2) is 6.10 Å². The third kappa shape index (κ3) is 68.3. The second kappa shape index (κ2) is 70.1. The van der Waals surface area contributed by atoms with E-state index in [1.165, 1.54) is 283 Å². The highest BCUT2D eigenvalue weighted by molar-refractivity contribution is 5.71. The molecule has 0 amide bonds. The van der Waals surface area contributed by atoms with Gasteiger partial charge in [-0.1, -0.05) is 372 Å². The van der Waals surface area contributed by atoms with Crippen LogP contribution >= 0.6 is 0 Å². The lowest BCUT2D eigenvalue weighted by atomic mass is 10.0. The van der Waals surface area contributed by atoms with Crippen molar-refractivity contribution in [1.29, 1.82) is 0 Å². The van der Waals surface area contributed by atoms with Gasteiger partial charge in [-0.2, -0.15) is 0 Å². The van der Waals surface area contributed by atoms with Gasteiger partial charge in [0.05, 0.1) is 0 Å². The average Bonchev–Trinajstić information content (AvgIpc) is 3.46. The number of ether oxygens (including phenoxy) is 3. The van der Waals surface area contributed by atoms with E-state index in [0.717, 1.165) is 83.5 Å². The van der Waals surface area contributed by atoms with Crippen molar-refractivity contribution >= 4 is 17.9 Å². The second-order valence-corrected chi connectivity index (χ2v) is 24.8. The zero-order valence-corrected chi connectivity index (χ0v) is 54.8. The second-order valence-electron chi connectivity index (χ2n) is 24.8. The van der Waals surface area contributed by atoms with Crippen molar-refractivity contribution < 1.29 is 28.6 Å². The monoisotopic (exact) mass is 1140 g/mol. The van der Waals surface area contributed by atoms with E-state index in [4.69, 9.17) is 14.2 Å². The molecule has 1 atom stereocenters. The van der Waals surface area contributed by atoms with Crippen molar-refractivity contribution in [2.75, 3.05) is 13.2 Å². The quantitative estimate of drug-likeness (QED) is 0.0261. The van der Waals surface area contributed by atoms with Crippen LogP contribution in [0, 0.1) is 0 Å². The Hall–Kier alpha value is -2.37. The van der Waals surface area contributed by atoms with Crippen molar-refractivity contribution in [3.05, 3.63) is 36.5 Å². The first kappa shape index (κ1) is 78.6. The van der Waals surface area contributed by atoms with Crippen molar-refractivity contribution in [1.82, 2.24) is 0 Å². The molecule has 1 unspecified atom stereocenters. The molecule has 81 heavy (non-hydrogen) atoms. The third-order valence-corrected chi connectivity index (χ3v) is 16.7. The van der Waals surface area contributed by atoms with Gasteiger partial charge in [-0.3, -0.25) is 14.4 Å². The Bertz CT molecular complexity index is 1350. The fraction of sp³-hybridized carbons (Fsp3) is 0.880. The lowest BCUT2D eigenvalue weighted by Crippen LogP contribution is -2.30. The van der Waals surface area contributed by atoms with Crippen LogP contribution in [0.25, 0.3) is 0 Å². The summed E-state index contributed by atoms with van der Waals surface area (Å²) in [6.07, 6.45) is 87.8. The van der Waals surface area contributed by atoms with E-state index in [-0.39, 0.29) is 31.1 Å². The molecule has 0 rings (SSSR count). The fourth-order valence-electron chi connectivity index (χ4n) is 11.2. The lowest BCUT2D eigenvalue weighted by molar-refractivity contribution is -0.167. The van der Waals surface area contributed by atoms with Crippen LogP contribution in [-0.2, 0) is 28.6 Å². The van der Waals surface area contributed by atoms with Crippen molar-refractivity contribution in [2.24, 2.45) is 0 Å². The minimum absolute atomic E-state index is 0.0757. The molecule has 476 valence electrons. The van der Waals surface area contributed by atoms with Gasteiger partial charge in [0.1, 0.15) is 13.2 Å². The van der Waals surface area contributed by atoms with E-state index in [0.29, 0.717) is 19.3 Å². The molecule has 6 nitrogen and oxygen atoms in total. The summed E-state index contributed by atoms with van der Waals surface area (Å²) >= 11 is 0. The third-order valence-electron chi connectivity index (χ3n) is 16.7. The number of hydrogen-bond acceptors (Lipinski definition) is 6. The first-order valence-corrected chi connectivity index (χ1v) is 36.5. The van der Waals surface area contributed by atoms with Crippen LogP contribution in [0.15, 0.2) is 36.5 Å². The maximum atomic E-state index is 12.9. The van der Waals surface area contributed by atoms with Gasteiger partial charge in [0.25, 0.3) is 0 Å². The Morgan fingerprint density at radius 2 is 0.481 bits per heavy atom. The van der Waals surface area contributed by atoms with Crippen LogP contribution in [-0.4, -0.2) is 37.2 Å². The molecule has 0 aliphatic heterocycles. The van der Waals surface area contributed by atoms with Crippen LogP contribution in [0.3, 0.4) is 0 Å². The minimum Gasteiger partial charge on any atom is -0.462 e. The molecule has 0 radical (unpaired) electrons. The summed E-state index contributed by atoms with van der Waals surface area (Å²) in [7, 11) is 0. The fourth-order valence-corrected chi connectivity index (χ4v) is 11.2. The number of rotatable bonds is 68. The highest BCUT2D eigenvalue weighted by atomic mass is 16.6. The van der Waals surface area contributed by atoms with Crippen LogP contribution < -0.4 is 0 Å². The molecule has 0 aliphatic rings. The van der Waals surface area contributed by atoms with Gasteiger partial charge in [0.2, 0.25) is 0 Å². The summed E-state index contributed by atoms with van der Waals surface area (Å²) < 4.78 is 17.0. The molecule has 0 aromatic rings. The summed E-state index contributed by atoms with van der Waals surface area (Å²) in [5.74, 6) is -0.876. The summed E-state index contributed by atoms with van der Waals surface area (Å²) in [4.78, 5) is 38.4. The average molecular weight is 1140 g/mol. The normalized spacial score (nSPS) is 12.2. The molecule has 0 aliphatic carbocycles. The lowest BCUT2D eigenvalue weighted by Gasteiger charge is -2.18. The first-order valence-electron chi connectivity index (χ1n) is 36.5. The number of unbranched alkanes of at least 4 members (excludes halogenated alkanes) is 51. The topological polar surface area (TPSA) is 78.9 Å². The van der Waals surface area contributed by atoms with E-state index in [1.54, 1.807) is 0 Å². The molecule has 0 spiro atoms. The summed E-state index contributed by atoms with van der Waals surface area (Å²) in [5, 5.41) is 0. The van der Waals surface area contributed by atoms with Gasteiger partial charge in [-0.15, -0.1) is 0 Å². The molecular weight excluding hydrogens is 997 g/mol. The standard InChI is InChI=1S/C75H140O6/c1-4-7-10-13-16-19-22-25-27-29-31-33-34-35-36-37-38-39-40-41-42-44-45-47-50-53-56-59-62-65-68-74(77)80-71-72(70-79-73(76)67-64-61-58-55-52-49-24-21-18-15-12-9-6-3)81-75(78)69-66-63-60-57-54-51-48-46-43-32-30-28-26-23-20-17-14-11-8-5-2/h9,12,18,21,49,52,72H,4-8,10-11,13-17,19-20,22-48,50-51,53-71H2,1-3H3/b12-9-,21-18-,52-49-. The van der Waals surface area contributed by atoms with Crippen molar-refractivity contribution in [3.8, 4) is 0 Å². The minimum atomic E-state index is -0.782. The largest absolute Gasteiger partial charge is 0.462 e. The molecule has 0 N–H and O–H groups in total. The van der Waals surface area contributed by atoms with E-state index in [1.807, 2.05) is 0 Å². The van der Waals surface area contributed by atoms with E-state index < -0.39 is 6.10 Å². The Morgan fingerprint density at radius 1 is 0.259 bits per heavy atom. The zero-order chi connectivity index (χ0) is 58.5. The highest BCUT2D eigenvalue weighted by Gasteiger charge is 2.19. The summed E-state index contributed by atoms with van der Waals surface area (Å²) in [6, 6.07) is 0. The van der Waals surface area contributed by atoms with Crippen LogP contribution in [0.1, 0.15) is 406 Å². The maximum Gasteiger partial charge on any atom is 0.306 e. The Kier molecular flexibility index (Phi) is 68.1. The molecule has 0 heterocycles. The summed E-state index contributed by atoms with van der Waals surface area (Å²) in [6.45, 7) is 6.58. The van der Waals surface area contributed by atoms with Crippen molar-refractivity contribution in [3.63, 3.8) is 0 Å². The Morgan fingerprint density at radius 3 is 0.753 bits per heavy atom. The molecule has 0 fully saturated rings. The van der Waals surface area contributed by atoms with Gasteiger partial charge >= 0.3 is 17.9 Å². The molecule has 0 saturated heterocycles. The van der Waals surface area contributed by atoms with Gasteiger partial charge in [0, 0.05) is 19.3 Å². The highest BCUT2D eigenvalue weighted by Crippen LogP contribution is 2.19. The molecule has 0 saturated carbocycles. The van der Waals surface area contributed by atoms with Gasteiger partial charge < -0.3 is 14.2 Å². The van der Waals surface area contributed by atoms with Crippen LogP contribution in [0.4, 0.5) is 0 Å². The maximum absolute atomic E-state index is 12.9. The van der Waals surface area contributed by atoms with Gasteiger partial charge in [-0.05, 0) is 51.4 Å². The smallest absolute Gasteiger partial charge is 0.306 e. The number of esters is 3. The molecular formula is C75H140O6. The molecule has 0 aromatic carbocycles. The number of allylic oxidation sites excluding steroid dienone is 6. The summed E-state index contributed by atoms with van der Waals surface area (Å²) in [5.41, 5.74) is 0. The predicted molar refractivity (Wildman–Crippen MR) is 353 cm³/mol. The predicted octanol–water partition coefficient (Wildman–Crippen LogP) is 25.1.